The van der Waals surface area contributed by atoms with Crippen molar-refractivity contribution in [2.75, 3.05) is 27.4 Å². The lowest BCUT2D eigenvalue weighted by Crippen LogP contribution is -2.60. The summed E-state index contributed by atoms with van der Waals surface area (Å²) in [4.78, 5) is 9.70. The molecule has 1 fully saturated rings. The topological polar surface area (TPSA) is 114 Å². The molecule has 0 spiro atoms. The third-order valence-corrected chi connectivity index (χ3v) is 3.42. The summed E-state index contributed by atoms with van der Waals surface area (Å²) in [6, 6.07) is -0.520. The number of ether oxygens (including phenoxy) is 2. The van der Waals surface area contributed by atoms with E-state index in [1.54, 1.807) is 14.2 Å². The van der Waals surface area contributed by atoms with E-state index in [2.05, 4.69) is 5.32 Å². The summed E-state index contributed by atoms with van der Waals surface area (Å²) >= 11 is 0. The third kappa shape index (κ3) is 5.72. The molecule has 20 heavy (non-hydrogen) atoms. The summed E-state index contributed by atoms with van der Waals surface area (Å²) in [5.41, 5.74) is 5.78. The number of nitrogens with two attached hydrogens (primary N) is 1. The molecule has 0 aromatic heterocycles. The number of carbonyl (C=O) groups is 1. The average molecular weight is 292 g/mol. The molecular formula is C13H28N2O5. The number of hydrogen-bond donors (Lipinski definition) is 4. The van der Waals surface area contributed by atoms with Gasteiger partial charge in [-0.1, -0.05) is 6.92 Å². The number of nitrogens with one attached hydrogen (secondary N) is 1. The highest BCUT2D eigenvalue weighted by molar-refractivity contribution is 5.72. The fourth-order valence-corrected chi connectivity index (χ4v) is 2.14. The molecule has 120 valence electrons. The van der Waals surface area contributed by atoms with Crippen molar-refractivity contribution in [1.82, 2.24) is 5.32 Å². The van der Waals surface area contributed by atoms with E-state index in [0.29, 0.717) is 6.61 Å². The van der Waals surface area contributed by atoms with E-state index >= 15 is 0 Å². The highest BCUT2D eigenvalue weighted by Crippen LogP contribution is 2.27. The van der Waals surface area contributed by atoms with Crippen LogP contribution in [0, 0.1) is 5.92 Å². The lowest BCUT2D eigenvalue weighted by atomic mass is 9.84. The summed E-state index contributed by atoms with van der Waals surface area (Å²) in [5.74, 6) is -0.0206. The Balaban J connectivity index is 0.000000621. The normalized spacial score (nSPS) is 33.0. The van der Waals surface area contributed by atoms with Crippen LogP contribution in [0.5, 0.6) is 0 Å². The molecule has 1 saturated heterocycles. The number of rotatable bonds is 4. The molecule has 0 radical (unpaired) electrons. The minimum atomic E-state index is -0.638. The molecule has 5 N–H and O–H groups in total. The molecule has 1 aliphatic heterocycles. The van der Waals surface area contributed by atoms with Crippen LogP contribution in [0.3, 0.4) is 0 Å². The molecular weight excluding hydrogens is 264 g/mol. The first kappa shape index (κ1) is 19.3. The molecule has 1 heterocycles. The van der Waals surface area contributed by atoms with E-state index in [0.717, 1.165) is 6.42 Å². The molecule has 7 nitrogen and oxygen atoms in total. The van der Waals surface area contributed by atoms with Crippen LogP contribution in [0.2, 0.25) is 0 Å². The van der Waals surface area contributed by atoms with Gasteiger partial charge in [-0.25, -0.2) is 0 Å². The Morgan fingerprint density at radius 2 is 2.00 bits per heavy atom. The summed E-state index contributed by atoms with van der Waals surface area (Å²) in [7, 11) is 3.19. The van der Waals surface area contributed by atoms with Crippen LogP contribution < -0.4 is 11.1 Å². The van der Waals surface area contributed by atoms with Gasteiger partial charge in [0.2, 0.25) is 5.91 Å². The second-order valence-electron chi connectivity index (χ2n) is 4.80. The van der Waals surface area contributed by atoms with Crippen LogP contribution in [-0.2, 0) is 14.3 Å². The van der Waals surface area contributed by atoms with Crippen LogP contribution in [0.1, 0.15) is 20.3 Å². The van der Waals surface area contributed by atoms with Gasteiger partial charge in [0.15, 0.2) is 0 Å². The van der Waals surface area contributed by atoms with Gasteiger partial charge >= 0.3 is 0 Å². The maximum atomic E-state index is 9.96. The lowest BCUT2D eigenvalue weighted by Gasteiger charge is -2.42. The van der Waals surface area contributed by atoms with Gasteiger partial charge in [-0.3, -0.25) is 4.79 Å². The average Bonchev–Trinajstić information content (AvgIpc) is 2.44. The van der Waals surface area contributed by atoms with Gasteiger partial charge in [0.1, 0.15) is 0 Å². The minimum absolute atomic E-state index is 0.00463. The number of aliphatic hydroxyl groups excluding tert-OH is 2. The molecule has 0 aliphatic carbocycles. The largest absolute Gasteiger partial charge is 0.394 e. The van der Waals surface area contributed by atoms with Crippen LogP contribution in [0.15, 0.2) is 0 Å². The predicted octanol–water partition coefficient (Wildman–Crippen LogP) is -1.14. The summed E-state index contributed by atoms with van der Waals surface area (Å²) < 4.78 is 10.6. The van der Waals surface area contributed by atoms with Gasteiger partial charge < -0.3 is 30.7 Å². The van der Waals surface area contributed by atoms with Crippen molar-refractivity contribution < 1.29 is 24.5 Å². The van der Waals surface area contributed by atoms with Gasteiger partial charge in [-0.05, 0) is 6.42 Å². The van der Waals surface area contributed by atoms with E-state index in [-0.39, 0.29) is 24.5 Å². The summed E-state index contributed by atoms with van der Waals surface area (Å²) in [5, 5.41) is 21.4. The second-order valence-corrected chi connectivity index (χ2v) is 4.80. The maximum Gasteiger partial charge on any atom is 0.216 e. The van der Waals surface area contributed by atoms with Crippen molar-refractivity contribution in [3.8, 4) is 0 Å². The Morgan fingerprint density at radius 1 is 1.45 bits per heavy atom. The Labute approximate surface area is 120 Å². The van der Waals surface area contributed by atoms with Crippen molar-refractivity contribution in [2.24, 2.45) is 11.7 Å². The van der Waals surface area contributed by atoms with Crippen LogP contribution in [0.4, 0.5) is 0 Å². The number of aliphatic hydroxyl groups is 2. The first-order valence-corrected chi connectivity index (χ1v) is 6.80. The maximum absolute atomic E-state index is 9.96. The quantitative estimate of drug-likeness (QED) is 0.521. The third-order valence-electron chi connectivity index (χ3n) is 3.42. The zero-order chi connectivity index (χ0) is 15.7. The number of hydrogen-bond acceptors (Lipinski definition) is 6. The Morgan fingerprint density at radius 3 is 2.35 bits per heavy atom. The van der Waals surface area contributed by atoms with Gasteiger partial charge in [0.05, 0.1) is 37.6 Å². The molecule has 7 heteroatoms. The van der Waals surface area contributed by atoms with Gasteiger partial charge in [0.25, 0.3) is 0 Å². The molecule has 5 atom stereocenters. The Kier molecular flexibility index (Phi) is 9.70. The Hall–Kier alpha value is -0.730. The monoisotopic (exact) mass is 292 g/mol. The van der Waals surface area contributed by atoms with Crippen LogP contribution in [0.25, 0.3) is 0 Å². The van der Waals surface area contributed by atoms with Gasteiger partial charge in [-0.15, -0.1) is 0 Å². The Bertz CT molecular complexity index is 277. The van der Waals surface area contributed by atoms with Crippen molar-refractivity contribution in [3.05, 3.63) is 0 Å². The van der Waals surface area contributed by atoms with E-state index < -0.39 is 18.2 Å². The zero-order valence-electron chi connectivity index (χ0n) is 12.7. The summed E-state index contributed by atoms with van der Waals surface area (Å²) in [6.07, 6.45) is -0.544. The first-order valence-electron chi connectivity index (χ1n) is 6.80. The first-order chi connectivity index (χ1) is 9.42. The molecule has 3 unspecified atom stereocenters. The molecule has 0 bridgehead atoms. The molecule has 0 saturated carbocycles. The second kappa shape index (κ2) is 10.1. The summed E-state index contributed by atoms with van der Waals surface area (Å²) in [6.45, 7) is 3.69. The fourth-order valence-electron chi connectivity index (χ4n) is 2.14. The standard InChI is InChI=1S/C10H21NO4.C3H7NO/c1-3-6-8(5-14-2)15-7(4-12)9(11)10(6)13;1-3(5)4-2/h6-10,12-13H,3-5,11H2,1-2H3;1-2H3,(H,4,5)/t6-,7+,8?,9?,10?;/m1./s1. The van der Waals surface area contributed by atoms with Gasteiger partial charge in [-0.2, -0.15) is 0 Å². The van der Waals surface area contributed by atoms with E-state index in [1.165, 1.54) is 6.92 Å². The van der Waals surface area contributed by atoms with Crippen molar-refractivity contribution in [2.45, 2.75) is 44.6 Å². The van der Waals surface area contributed by atoms with E-state index in [9.17, 15) is 9.90 Å². The molecule has 0 aromatic rings. The van der Waals surface area contributed by atoms with Crippen LogP contribution in [-0.4, -0.2) is 67.8 Å². The smallest absolute Gasteiger partial charge is 0.216 e. The highest BCUT2D eigenvalue weighted by atomic mass is 16.5. The van der Waals surface area contributed by atoms with Crippen LogP contribution >= 0.6 is 0 Å². The molecule has 1 amide bonds. The highest BCUT2D eigenvalue weighted by Gasteiger charge is 2.41. The SMILES string of the molecule is CC[C@@H]1C(COC)O[C@@H](CO)C(N)C1O.CNC(C)=O. The molecule has 1 rings (SSSR count). The zero-order valence-corrected chi connectivity index (χ0v) is 12.7. The number of methoxy groups -OCH3 is 1. The van der Waals surface area contributed by atoms with E-state index in [1.807, 2.05) is 6.92 Å². The molecule has 0 aromatic carbocycles. The number of amides is 1. The van der Waals surface area contributed by atoms with Gasteiger partial charge in [0, 0.05) is 27.0 Å². The molecule has 1 aliphatic rings. The van der Waals surface area contributed by atoms with Crippen molar-refractivity contribution >= 4 is 5.91 Å². The minimum Gasteiger partial charge on any atom is -0.394 e. The number of carbonyl (C=O) groups excluding carboxylic acids is 1. The predicted molar refractivity (Wildman–Crippen MR) is 75.1 cm³/mol. The lowest BCUT2D eigenvalue weighted by molar-refractivity contribution is -0.174. The fraction of sp³-hybridized carbons (Fsp3) is 0.923. The van der Waals surface area contributed by atoms with Crippen molar-refractivity contribution in [1.29, 1.82) is 0 Å². The van der Waals surface area contributed by atoms with Crippen molar-refractivity contribution in [3.63, 3.8) is 0 Å². The van der Waals surface area contributed by atoms with E-state index in [4.69, 9.17) is 20.3 Å².